The molecule has 0 radical (unpaired) electrons. The number of aromatic nitrogens is 3. The molecule has 4 aromatic rings. The Kier molecular flexibility index (Phi) is 5.73. The van der Waals surface area contributed by atoms with Crippen LogP contribution in [0.3, 0.4) is 0 Å². The van der Waals surface area contributed by atoms with Crippen molar-refractivity contribution in [3.8, 4) is 17.3 Å². The monoisotopic (exact) mass is 492 g/mol. The van der Waals surface area contributed by atoms with E-state index >= 15 is 0 Å². The van der Waals surface area contributed by atoms with Gasteiger partial charge in [0.25, 0.3) is 0 Å². The standard InChI is InChI=1S/C29H32N8/c1-18-12-26(36-11-9-21(16-36)35(2)3)24(31)13-25(18)33-29-32-15-20(14-30)27(34-29)23-17-37-10-5-7-19-6-4-8-22(23)28(19)37/h4,6,8,12-13,15,17,21H,5,7,9-11,16,31H2,1-3H3,(H,32,33,34)/t21-/m1/s1. The molecular formula is C29H32N8. The lowest BCUT2D eigenvalue weighted by atomic mass is 10.0. The summed E-state index contributed by atoms with van der Waals surface area (Å²) >= 11 is 0. The van der Waals surface area contributed by atoms with Gasteiger partial charge in [-0.15, -0.1) is 0 Å². The van der Waals surface area contributed by atoms with Crippen LogP contribution >= 0.6 is 0 Å². The Morgan fingerprint density at radius 2 is 2.08 bits per heavy atom. The van der Waals surface area contributed by atoms with Crippen LogP contribution in [0.15, 0.2) is 42.7 Å². The molecule has 1 saturated heterocycles. The van der Waals surface area contributed by atoms with Crippen LogP contribution in [0.5, 0.6) is 0 Å². The van der Waals surface area contributed by atoms with Crippen LogP contribution in [0.1, 0.15) is 29.5 Å². The Bertz CT molecular complexity index is 1540. The molecule has 8 heteroatoms. The number of nitrogens with one attached hydrogen (secondary N) is 1. The maximum absolute atomic E-state index is 9.85. The highest BCUT2D eigenvalue weighted by Gasteiger charge is 2.26. The van der Waals surface area contributed by atoms with Crippen molar-refractivity contribution in [1.82, 2.24) is 19.4 Å². The topological polar surface area (TPSA) is 99.0 Å². The Labute approximate surface area is 217 Å². The lowest BCUT2D eigenvalue weighted by Crippen LogP contribution is -2.31. The average molecular weight is 493 g/mol. The van der Waals surface area contributed by atoms with Gasteiger partial charge in [0.15, 0.2) is 0 Å². The summed E-state index contributed by atoms with van der Waals surface area (Å²) < 4.78 is 2.29. The zero-order valence-electron chi connectivity index (χ0n) is 21.6. The SMILES string of the molecule is Cc1cc(N2CC[C@@H](N(C)C)C2)c(N)cc1Nc1ncc(C#N)c(-c2cn3c4c(cccc24)CCC3)n1. The molecule has 2 aromatic heterocycles. The third kappa shape index (κ3) is 4.05. The Hall–Kier alpha value is -4.09. The van der Waals surface area contributed by atoms with Crippen LogP contribution in [0, 0.1) is 18.3 Å². The Morgan fingerprint density at radius 1 is 1.22 bits per heavy atom. The fourth-order valence-electron chi connectivity index (χ4n) is 5.79. The summed E-state index contributed by atoms with van der Waals surface area (Å²) in [6.07, 6.45) is 7.06. The van der Waals surface area contributed by atoms with Gasteiger partial charge in [-0.2, -0.15) is 5.26 Å². The Balaban J connectivity index is 1.34. The van der Waals surface area contributed by atoms with Crippen LogP contribution in [0.4, 0.5) is 23.0 Å². The van der Waals surface area contributed by atoms with E-state index in [0.29, 0.717) is 23.2 Å². The Morgan fingerprint density at radius 3 is 2.86 bits per heavy atom. The molecule has 0 amide bonds. The van der Waals surface area contributed by atoms with Gasteiger partial charge in [0.2, 0.25) is 5.95 Å². The largest absolute Gasteiger partial charge is 0.397 e. The predicted molar refractivity (Wildman–Crippen MR) is 149 cm³/mol. The smallest absolute Gasteiger partial charge is 0.227 e. The molecule has 2 aromatic carbocycles. The second kappa shape index (κ2) is 9.09. The van der Waals surface area contributed by atoms with Gasteiger partial charge < -0.3 is 25.4 Å². The van der Waals surface area contributed by atoms with E-state index in [2.05, 4.69) is 82.2 Å². The van der Waals surface area contributed by atoms with E-state index in [1.165, 1.54) is 11.1 Å². The summed E-state index contributed by atoms with van der Waals surface area (Å²) in [4.78, 5) is 13.9. The van der Waals surface area contributed by atoms with Crippen molar-refractivity contribution in [3.05, 3.63) is 59.4 Å². The first-order chi connectivity index (χ1) is 17.9. The number of benzene rings is 2. The highest BCUT2D eigenvalue weighted by Crippen LogP contribution is 2.37. The summed E-state index contributed by atoms with van der Waals surface area (Å²) in [6.45, 7) is 5.01. The number of hydrogen-bond donors (Lipinski definition) is 2. The van der Waals surface area contributed by atoms with E-state index in [9.17, 15) is 5.26 Å². The molecule has 1 atom stereocenters. The lowest BCUT2D eigenvalue weighted by molar-refractivity contribution is 0.315. The second-order valence-corrected chi connectivity index (χ2v) is 10.4. The summed E-state index contributed by atoms with van der Waals surface area (Å²) in [6, 6.07) is 13.3. The van der Waals surface area contributed by atoms with Gasteiger partial charge in [-0.05, 0) is 63.5 Å². The zero-order chi connectivity index (χ0) is 25.7. The molecule has 0 spiro atoms. The van der Waals surface area contributed by atoms with E-state index in [-0.39, 0.29) is 0 Å². The number of nitrogens with two attached hydrogens (primary N) is 1. The third-order valence-corrected chi connectivity index (χ3v) is 7.85. The minimum atomic E-state index is 0.449. The first-order valence-electron chi connectivity index (χ1n) is 12.9. The molecule has 0 unspecified atom stereocenters. The van der Waals surface area contributed by atoms with Crippen LogP contribution in [0.2, 0.25) is 0 Å². The summed E-state index contributed by atoms with van der Waals surface area (Å²) in [7, 11) is 4.26. The molecule has 188 valence electrons. The van der Waals surface area contributed by atoms with Crippen LogP contribution in [0.25, 0.3) is 22.2 Å². The molecule has 8 nitrogen and oxygen atoms in total. The molecule has 37 heavy (non-hydrogen) atoms. The van der Waals surface area contributed by atoms with Gasteiger partial charge in [-0.3, -0.25) is 0 Å². The second-order valence-electron chi connectivity index (χ2n) is 10.4. The normalized spacial score (nSPS) is 16.9. The van der Waals surface area contributed by atoms with Crippen LogP contribution < -0.4 is 16.0 Å². The van der Waals surface area contributed by atoms with Gasteiger partial charge in [0.05, 0.1) is 34.3 Å². The van der Waals surface area contributed by atoms with Gasteiger partial charge >= 0.3 is 0 Å². The zero-order valence-corrected chi connectivity index (χ0v) is 21.6. The first-order valence-corrected chi connectivity index (χ1v) is 12.9. The first kappa shape index (κ1) is 23.3. The van der Waals surface area contributed by atoms with Crippen molar-refractivity contribution in [2.24, 2.45) is 0 Å². The average Bonchev–Trinajstić information content (AvgIpc) is 3.53. The minimum Gasteiger partial charge on any atom is -0.397 e. The molecule has 6 rings (SSSR count). The van der Waals surface area contributed by atoms with E-state index in [4.69, 9.17) is 10.7 Å². The number of rotatable bonds is 5. The number of likely N-dealkylation sites (N-methyl/N-ethyl adjacent to an activating group) is 1. The quantitative estimate of drug-likeness (QED) is 0.390. The van der Waals surface area contributed by atoms with Gasteiger partial charge in [0, 0.05) is 48.5 Å². The lowest BCUT2D eigenvalue weighted by Gasteiger charge is -2.24. The minimum absolute atomic E-state index is 0.449. The number of aryl methyl sites for hydroxylation is 3. The van der Waals surface area contributed by atoms with Crippen molar-refractivity contribution in [3.63, 3.8) is 0 Å². The maximum atomic E-state index is 9.85. The molecule has 2 aliphatic heterocycles. The van der Waals surface area contributed by atoms with Gasteiger partial charge in [-0.25, -0.2) is 9.97 Å². The van der Waals surface area contributed by atoms with Gasteiger partial charge in [0.1, 0.15) is 6.07 Å². The van der Waals surface area contributed by atoms with E-state index in [1.807, 2.05) is 6.07 Å². The fourth-order valence-corrected chi connectivity index (χ4v) is 5.79. The van der Waals surface area contributed by atoms with Gasteiger partial charge in [-0.1, -0.05) is 18.2 Å². The number of nitrogens with zero attached hydrogens (tertiary/aromatic N) is 6. The summed E-state index contributed by atoms with van der Waals surface area (Å²) in [5, 5.41) is 14.3. The maximum Gasteiger partial charge on any atom is 0.227 e. The summed E-state index contributed by atoms with van der Waals surface area (Å²) in [5.41, 5.74) is 14.9. The summed E-state index contributed by atoms with van der Waals surface area (Å²) in [5.74, 6) is 0.449. The van der Waals surface area contributed by atoms with E-state index < -0.39 is 0 Å². The molecule has 2 aliphatic rings. The molecule has 4 heterocycles. The van der Waals surface area contributed by atoms with E-state index in [1.54, 1.807) is 6.20 Å². The highest BCUT2D eigenvalue weighted by molar-refractivity contribution is 5.98. The van der Waals surface area contributed by atoms with Crippen molar-refractivity contribution in [2.75, 3.05) is 43.1 Å². The molecule has 0 saturated carbocycles. The van der Waals surface area contributed by atoms with Crippen LogP contribution in [-0.4, -0.2) is 52.7 Å². The van der Waals surface area contributed by atoms with Crippen molar-refractivity contribution < 1.29 is 0 Å². The van der Waals surface area contributed by atoms with Crippen molar-refractivity contribution in [1.29, 1.82) is 5.26 Å². The highest BCUT2D eigenvalue weighted by atomic mass is 15.2. The van der Waals surface area contributed by atoms with E-state index in [0.717, 1.165) is 72.5 Å². The van der Waals surface area contributed by atoms with Crippen molar-refractivity contribution in [2.45, 2.75) is 38.8 Å². The molecule has 0 aliphatic carbocycles. The number of para-hydroxylation sites is 1. The number of nitrogen functional groups attached to an aromatic ring is 1. The number of nitriles is 1. The van der Waals surface area contributed by atoms with Crippen LogP contribution in [-0.2, 0) is 13.0 Å². The fraction of sp³-hybridized carbons (Fsp3) is 0.345. The molecule has 3 N–H and O–H groups in total. The van der Waals surface area contributed by atoms with Crippen molar-refractivity contribution >= 4 is 33.9 Å². The number of anilines is 4. The third-order valence-electron chi connectivity index (χ3n) is 7.85. The predicted octanol–water partition coefficient (Wildman–Crippen LogP) is 4.69. The molecule has 1 fully saturated rings. The molecular weight excluding hydrogens is 460 g/mol. The molecule has 0 bridgehead atoms. The number of hydrogen-bond acceptors (Lipinski definition) is 7.